The molecule has 0 spiro atoms. The number of ether oxygens (including phenoxy) is 2. The van der Waals surface area contributed by atoms with Gasteiger partial charge in [-0.1, -0.05) is 0 Å². The maximum atomic E-state index is 5.72. The van der Waals surface area contributed by atoms with Crippen LogP contribution in [-0.2, 0) is 6.54 Å². The van der Waals surface area contributed by atoms with Gasteiger partial charge in [0.05, 0.1) is 5.39 Å². The van der Waals surface area contributed by atoms with Crippen molar-refractivity contribution in [2.75, 3.05) is 33.9 Å². The van der Waals surface area contributed by atoms with E-state index in [4.69, 9.17) is 9.47 Å². The molecule has 0 amide bonds. The summed E-state index contributed by atoms with van der Waals surface area (Å²) in [6.45, 7) is 2.90. The minimum Gasteiger partial charge on any atom is -0.484 e. The van der Waals surface area contributed by atoms with Gasteiger partial charge in [0.2, 0.25) is 5.88 Å². The minimum absolute atomic E-state index is 0.578. The molecule has 96 valence electrons. The fourth-order valence-electron chi connectivity index (χ4n) is 2.10. The van der Waals surface area contributed by atoms with Gasteiger partial charge in [-0.15, -0.1) is 0 Å². The Bertz CT molecular complexity index is 564. The number of likely N-dealkylation sites (N-methyl/N-ethyl adjacent to an activating group) is 1. The van der Waals surface area contributed by atoms with E-state index in [-0.39, 0.29) is 0 Å². The molecule has 0 N–H and O–H groups in total. The number of nitrogens with zero attached hydrogens (tertiary/aromatic N) is 4. The second kappa shape index (κ2) is 4.45. The van der Waals surface area contributed by atoms with E-state index >= 15 is 0 Å². The lowest BCUT2D eigenvalue weighted by molar-refractivity contribution is 0.161. The van der Waals surface area contributed by atoms with Gasteiger partial charge < -0.3 is 14.4 Å². The lowest BCUT2D eigenvalue weighted by atomic mass is 10.4. The van der Waals surface area contributed by atoms with Crippen molar-refractivity contribution in [3.05, 3.63) is 12.5 Å². The molecule has 0 fully saturated rings. The fraction of sp³-hybridized carbons (Fsp3) is 0.500. The van der Waals surface area contributed by atoms with Crippen LogP contribution in [0.5, 0.6) is 11.6 Å². The highest BCUT2D eigenvalue weighted by Gasteiger charge is 2.23. The van der Waals surface area contributed by atoms with Gasteiger partial charge in [-0.2, -0.15) is 0 Å². The first-order chi connectivity index (χ1) is 8.77. The van der Waals surface area contributed by atoms with Crippen molar-refractivity contribution >= 4 is 11.0 Å². The Labute approximate surface area is 105 Å². The zero-order valence-electron chi connectivity index (χ0n) is 10.6. The highest BCUT2D eigenvalue weighted by Crippen LogP contribution is 2.39. The van der Waals surface area contributed by atoms with Gasteiger partial charge in [0.15, 0.2) is 5.75 Å². The molecule has 0 aromatic carbocycles. The van der Waals surface area contributed by atoms with E-state index in [0.29, 0.717) is 13.2 Å². The summed E-state index contributed by atoms with van der Waals surface area (Å²) in [5, 5.41) is 0.922. The molecule has 6 heteroatoms. The third-order valence-corrected chi connectivity index (χ3v) is 2.97. The van der Waals surface area contributed by atoms with E-state index < -0.39 is 0 Å². The zero-order chi connectivity index (χ0) is 12.5. The van der Waals surface area contributed by atoms with Crippen LogP contribution in [0.2, 0.25) is 0 Å². The first-order valence-corrected chi connectivity index (χ1v) is 6.00. The average Bonchev–Trinajstić information content (AvgIpc) is 2.71. The van der Waals surface area contributed by atoms with Crippen molar-refractivity contribution in [1.29, 1.82) is 0 Å². The van der Waals surface area contributed by atoms with Gasteiger partial charge in [-0.3, -0.25) is 4.57 Å². The summed E-state index contributed by atoms with van der Waals surface area (Å²) < 4.78 is 13.5. The summed E-state index contributed by atoms with van der Waals surface area (Å²) in [6, 6.07) is 0. The first kappa shape index (κ1) is 11.3. The quantitative estimate of drug-likeness (QED) is 0.803. The molecule has 1 aliphatic rings. The van der Waals surface area contributed by atoms with Crippen molar-refractivity contribution in [3.63, 3.8) is 0 Å². The average molecular weight is 248 g/mol. The van der Waals surface area contributed by atoms with E-state index in [1.807, 2.05) is 14.1 Å². The molecule has 0 atom stereocenters. The summed E-state index contributed by atoms with van der Waals surface area (Å²) in [6.07, 6.45) is 3.34. The molecular weight excluding hydrogens is 232 g/mol. The highest BCUT2D eigenvalue weighted by atomic mass is 16.6. The SMILES string of the molecule is CN(C)CCn1c2c(c3cncnc31)OCCO2. The molecule has 1 aliphatic heterocycles. The standard InChI is InChI=1S/C12H16N4O2/c1-15(2)3-4-16-11-9(7-13-8-14-11)10-12(16)18-6-5-17-10/h7-8H,3-6H2,1-2H3. The van der Waals surface area contributed by atoms with Crippen LogP contribution >= 0.6 is 0 Å². The lowest BCUT2D eigenvalue weighted by Gasteiger charge is -2.18. The maximum Gasteiger partial charge on any atom is 0.239 e. The Hall–Kier alpha value is -1.82. The number of hydrogen-bond donors (Lipinski definition) is 0. The predicted octanol–water partition coefficient (Wildman–Crippen LogP) is 0.764. The van der Waals surface area contributed by atoms with Gasteiger partial charge in [-0.05, 0) is 14.1 Å². The summed E-state index contributed by atoms with van der Waals surface area (Å²) >= 11 is 0. The van der Waals surface area contributed by atoms with Crippen LogP contribution in [0, 0.1) is 0 Å². The van der Waals surface area contributed by atoms with Crippen molar-refractivity contribution in [3.8, 4) is 11.6 Å². The molecule has 18 heavy (non-hydrogen) atoms. The molecule has 0 aliphatic carbocycles. The number of fused-ring (bicyclic) bond motifs is 3. The van der Waals surface area contributed by atoms with Gasteiger partial charge in [0, 0.05) is 19.3 Å². The fourth-order valence-corrected chi connectivity index (χ4v) is 2.10. The van der Waals surface area contributed by atoms with E-state index in [1.54, 1.807) is 12.5 Å². The molecule has 0 radical (unpaired) electrons. The molecular formula is C12H16N4O2. The number of hydrogen-bond acceptors (Lipinski definition) is 5. The molecule has 0 unspecified atom stereocenters. The minimum atomic E-state index is 0.578. The van der Waals surface area contributed by atoms with E-state index in [0.717, 1.165) is 35.8 Å². The maximum absolute atomic E-state index is 5.72. The van der Waals surface area contributed by atoms with Crippen LogP contribution in [0.1, 0.15) is 0 Å². The predicted molar refractivity (Wildman–Crippen MR) is 67.1 cm³/mol. The van der Waals surface area contributed by atoms with Crippen LogP contribution in [0.15, 0.2) is 12.5 Å². The Kier molecular flexibility index (Phi) is 2.79. The molecule has 0 saturated carbocycles. The topological polar surface area (TPSA) is 52.4 Å². The number of aromatic nitrogens is 3. The number of rotatable bonds is 3. The molecule has 3 heterocycles. The normalized spacial score (nSPS) is 14.4. The summed E-state index contributed by atoms with van der Waals surface area (Å²) in [4.78, 5) is 10.5. The zero-order valence-corrected chi connectivity index (χ0v) is 10.6. The molecule has 3 rings (SSSR count). The van der Waals surface area contributed by atoms with E-state index in [2.05, 4.69) is 19.4 Å². The Balaban J connectivity index is 2.10. The summed E-state index contributed by atoms with van der Waals surface area (Å²) in [7, 11) is 4.09. The van der Waals surface area contributed by atoms with Crippen LogP contribution < -0.4 is 9.47 Å². The van der Waals surface area contributed by atoms with Crippen LogP contribution in [0.4, 0.5) is 0 Å². The lowest BCUT2D eigenvalue weighted by Crippen LogP contribution is -2.21. The van der Waals surface area contributed by atoms with Crippen molar-refractivity contribution in [2.24, 2.45) is 0 Å². The first-order valence-electron chi connectivity index (χ1n) is 6.00. The monoisotopic (exact) mass is 248 g/mol. The summed E-state index contributed by atoms with van der Waals surface area (Å²) in [5.41, 5.74) is 0.874. The van der Waals surface area contributed by atoms with E-state index in [1.165, 1.54) is 0 Å². The van der Waals surface area contributed by atoms with Gasteiger partial charge >= 0.3 is 0 Å². The molecule has 6 nitrogen and oxygen atoms in total. The largest absolute Gasteiger partial charge is 0.484 e. The van der Waals surface area contributed by atoms with Gasteiger partial charge in [0.25, 0.3) is 0 Å². The molecule has 2 aromatic rings. The highest BCUT2D eigenvalue weighted by molar-refractivity contribution is 5.86. The summed E-state index contributed by atoms with van der Waals surface area (Å²) in [5.74, 6) is 1.55. The smallest absolute Gasteiger partial charge is 0.239 e. The Morgan fingerprint density at radius 2 is 2.17 bits per heavy atom. The van der Waals surface area contributed by atoms with Crippen molar-refractivity contribution < 1.29 is 9.47 Å². The van der Waals surface area contributed by atoms with Crippen LogP contribution in [0.3, 0.4) is 0 Å². The molecule has 0 bridgehead atoms. The second-order valence-electron chi connectivity index (χ2n) is 4.55. The Morgan fingerprint density at radius 3 is 3.00 bits per heavy atom. The van der Waals surface area contributed by atoms with Crippen LogP contribution in [-0.4, -0.2) is 53.3 Å². The van der Waals surface area contributed by atoms with Crippen LogP contribution in [0.25, 0.3) is 11.0 Å². The van der Waals surface area contributed by atoms with Crippen molar-refractivity contribution in [2.45, 2.75) is 6.54 Å². The van der Waals surface area contributed by atoms with Crippen molar-refractivity contribution in [1.82, 2.24) is 19.4 Å². The van der Waals surface area contributed by atoms with Gasteiger partial charge in [0.1, 0.15) is 25.2 Å². The van der Waals surface area contributed by atoms with E-state index in [9.17, 15) is 0 Å². The van der Waals surface area contributed by atoms with Gasteiger partial charge in [-0.25, -0.2) is 9.97 Å². The third-order valence-electron chi connectivity index (χ3n) is 2.97. The molecule has 2 aromatic heterocycles. The molecule has 0 saturated heterocycles. The Morgan fingerprint density at radius 1 is 1.33 bits per heavy atom. The second-order valence-corrected chi connectivity index (χ2v) is 4.55. The third kappa shape index (κ3) is 1.78.